The van der Waals surface area contributed by atoms with Crippen molar-refractivity contribution >= 4 is 18.3 Å². The van der Waals surface area contributed by atoms with Gasteiger partial charge in [0.2, 0.25) is 5.91 Å². The average Bonchev–Trinajstić information content (AvgIpc) is 2.91. The third-order valence-electron chi connectivity index (χ3n) is 4.33. The molecule has 0 aliphatic carbocycles. The highest BCUT2D eigenvalue weighted by molar-refractivity contribution is 5.85. The normalized spacial score (nSPS) is 22.6. The zero-order chi connectivity index (χ0) is 14.0. The van der Waals surface area contributed by atoms with Gasteiger partial charge in [0.1, 0.15) is 12.4 Å². The first-order valence-electron chi connectivity index (χ1n) is 7.06. The summed E-state index contributed by atoms with van der Waals surface area (Å²) in [6.07, 6.45) is 1.37. The van der Waals surface area contributed by atoms with Gasteiger partial charge in [-0.3, -0.25) is 4.79 Å². The fourth-order valence-corrected chi connectivity index (χ4v) is 2.88. The van der Waals surface area contributed by atoms with Crippen LogP contribution in [-0.2, 0) is 9.53 Å². The standard InChI is InChI=1S/C15H20N2O3.ClH/c16-10-15(5-7-19-8-6-15)14(18)17-12-9-20-13-4-2-1-3-11(12)13;/h1-4,12H,5-10,16H2,(H,17,18);1H. The molecule has 1 amide bonds. The number of carbonyl (C=O) groups is 1. The predicted octanol–water partition coefficient (Wildman–Crippen LogP) is 1.41. The topological polar surface area (TPSA) is 73.6 Å². The lowest BCUT2D eigenvalue weighted by Crippen LogP contribution is -2.50. The summed E-state index contributed by atoms with van der Waals surface area (Å²) in [6.45, 7) is 2.05. The lowest BCUT2D eigenvalue weighted by atomic mass is 9.79. The molecule has 1 aromatic rings. The van der Waals surface area contributed by atoms with Gasteiger partial charge in [-0.15, -0.1) is 12.4 Å². The number of rotatable bonds is 3. The number of benzene rings is 1. The third-order valence-corrected chi connectivity index (χ3v) is 4.33. The van der Waals surface area contributed by atoms with Crippen LogP contribution < -0.4 is 15.8 Å². The molecule has 0 saturated carbocycles. The fourth-order valence-electron chi connectivity index (χ4n) is 2.88. The summed E-state index contributed by atoms with van der Waals surface area (Å²) < 4.78 is 10.9. The number of carbonyl (C=O) groups excluding carboxylic acids is 1. The number of hydrogen-bond acceptors (Lipinski definition) is 4. The van der Waals surface area contributed by atoms with Gasteiger partial charge < -0.3 is 20.5 Å². The number of nitrogens with two attached hydrogens (primary N) is 1. The molecule has 0 aromatic heterocycles. The van der Waals surface area contributed by atoms with Gasteiger partial charge in [0.25, 0.3) is 0 Å². The first-order valence-corrected chi connectivity index (χ1v) is 7.06. The zero-order valence-corrected chi connectivity index (χ0v) is 12.7. The van der Waals surface area contributed by atoms with Crippen molar-refractivity contribution in [1.29, 1.82) is 0 Å². The van der Waals surface area contributed by atoms with Gasteiger partial charge in [-0.25, -0.2) is 0 Å². The molecule has 116 valence electrons. The molecular weight excluding hydrogens is 292 g/mol. The molecule has 0 bridgehead atoms. The van der Waals surface area contributed by atoms with E-state index in [-0.39, 0.29) is 24.4 Å². The Morgan fingerprint density at radius 1 is 1.33 bits per heavy atom. The molecule has 1 fully saturated rings. The molecule has 2 heterocycles. The van der Waals surface area contributed by atoms with Crippen molar-refractivity contribution in [3.63, 3.8) is 0 Å². The molecule has 1 atom stereocenters. The lowest BCUT2D eigenvalue weighted by molar-refractivity contribution is -0.136. The van der Waals surface area contributed by atoms with Gasteiger partial charge in [-0.2, -0.15) is 0 Å². The van der Waals surface area contributed by atoms with E-state index in [0.717, 1.165) is 11.3 Å². The molecule has 3 N–H and O–H groups in total. The number of amides is 1. The van der Waals surface area contributed by atoms with Crippen molar-refractivity contribution in [2.45, 2.75) is 18.9 Å². The molecule has 5 nitrogen and oxygen atoms in total. The van der Waals surface area contributed by atoms with Crippen LogP contribution in [0.5, 0.6) is 5.75 Å². The molecule has 1 unspecified atom stereocenters. The second-order valence-corrected chi connectivity index (χ2v) is 5.47. The highest BCUT2D eigenvalue weighted by Gasteiger charge is 2.40. The van der Waals surface area contributed by atoms with Gasteiger partial charge in [0, 0.05) is 25.3 Å². The molecule has 0 spiro atoms. The van der Waals surface area contributed by atoms with E-state index < -0.39 is 5.41 Å². The van der Waals surface area contributed by atoms with Crippen molar-refractivity contribution in [3.8, 4) is 5.75 Å². The van der Waals surface area contributed by atoms with Crippen molar-refractivity contribution < 1.29 is 14.3 Å². The molecule has 1 saturated heterocycles. The van der Waals surface area contributed by atoms with Crippen LogP contribution in [0.15, 0.2) is 24.3 Å². The Labute approximate surface area is 130 Å². The van der Waals surface area contributed by atoms with Gasteiger partial charge in [-0.05, 0) is 18.9 Å². The van der Waals surface area contributed by atoms with Gasteiger partial charge in [0.15, 0.2) is 0 Å². The van der Waals surface area contributed by atoms with Crippen molar-refractivity contribution in [3.05, 3.63) is 29.8 Å². The van der Waals surface area contributed by atoms with Crippen LogP contribution in [-0.4, -0.2) is 32.3 Å². The summed E-state index contributed by atoms with van der Waals surface area (Å²) in [4.78, 5) is 12.6. The summed E-state index contributed by atoms with van der Waals surface area (Å²) in [7, 11) is 0. The molecule has 6 heteroatoms. The minimum atomic E-state index is -0.490. The number of halogens is 1. The smallest absolute Gasteiger partial charge is 0.228 e. The summed E-state index contributed by atoms with van der Waals surface area (Å²) in [5, 5.41) is 3.10. The first kappa shape index (κ1) is 16.1. The maximum absolute atomic E-state index is 12.6. The Bertz CT molecular complexity index is 503. The van der Waals surface area contributed by atoms with E-state index in [1.165, 1.54) is 0 Å². The van der Waals surface area contributed by atoms with Crippen molar-refractivity contribution in [2.24, 2.45) is 11.1 Å². The molecule has 0 radical (unpaired) electrons. The number of fused-ring (bicyclic) bond motifs is 1. The Balaban J connectivity index is 0.00000161. The van der Waals surface area contributed by atoms with Crippen LogP contribution in [0, 0.1) is 5.41 Å². The van der Waals surface area contributed by atoms with Crippen LogP contribution in [0.1, 0.15) is 24.4 Å². The highest BCUT2D eigenvalue weighted by atomic mass is 35.5. The van der Waals surface area contributed by atoms with Crippen LogP contribution in [0.2, 0.25) is 0 Å². The summed E-state index contributed by atoms with van der Waals surface area (Å²) in [5.41, 5.74) is 6.41. The van der Waals surface area contributed by atoms with E-state index >= 15 is 0 Å². The maximum atomic E-state index is 12.6. The van der Waals surface area contributed by atoms with E-state index in [9.17, 15) is 4.79 Å². The predicted molar refractivity (Wildman–Crippen MR) is 81.6 cm³/mol. The summed E-state index contributed by atoms with van der Waals surface area (Å²) >= 11 is 0. The van der Waals surface area contributed by atoms with Gasteiger partial charge in [-0.1, -0.05) is 18.2 Å². The third kappa shape index (κ3) is 3.00. The van der Waals surface area contributed by atoms with Gasteiger partial charge in [0.05, 0.1) is 11.5 Å². The first-order chi connectivity index (χ1) is 9.75. The lowest BCUT2D eigenvalue weighted by Gasteiger charge is -2.35. The molecule has 2 aliphatic rings. The van der Waals surface area contributed by atoms with Crippen LogP contribution in [0.25, 0.3) is 0 Å². The minimum absolute atomic E-state index is 0. The van der Waals surface area contributed by atoms with Crippen LogP contribution in [0.3, 0.4) is 0 Å². The molecule has 3 rings (SSSR count). The Morgan fingerprint density at radius 3 is 2.76 bits per heavy atom. The largest absolute Gasteiger partial charge is 0.491 e. The van der Waals surface area contributed by atoms with E-state index in [1.807, 2.05) is 24.3 Å². The number of hydrogen-bond donors (Lipinski definition) is 2. The molecule has 2 aliphatic heterocycles. The number of ether oxygens (including phenoxy) is 2. The van der Waals surface area contributed by atoms with Crippen LogP contribution >= 0.6 is 12.4 Å². The minimum Gasteiger partial charge on any atom is -0.491 e. The number of para-hydroxylation sites is 1. The van der Waals surface area contributed by atoms with Crippen molar-refractivity contribution in [1.82, 2.24) is 5.32 Å². The number of nitrogens with one attached hydrogen (secondary N) is 1. The monoisotopic (exact) mass is 312 g/mol. The second-order valence-electron chi connectivity index (χ2n) is 5.47. The van der Waals surface area contributed by atoms with E-state index in [2.05, 4.69) is 5.32 Å². The fraction of sp³-hybridized carbons (Fsp3) is 0.533. The summed E-state index contributed by atoms with van der Waals surface area (Å²) in [6, 6.07) is 7.73. The Hall–Kier alpha value is -1.30. The van der Waals surface area contributed by atoms with Crippen LogP contribution in [0.4, 0.5) is 0 Å². The second kappa shape index (κ2) is 6.64. The van der Waals surface area contributed by atoms with E-state index in [0.29, 0.717) is 39.2 Å². The highest BCUT2D eigenvalue weighted by Crippen LogP contribution is 2.34. The SMILES string of the molecule is Cl.NCC1(C(=O)NC2COc3ccccc32)CCOCC1. The maximum Gasteiger partial charge on any atom is 0.228 e. The van der Waals surface area contributed by atoms with Gasteiger partial charge >= 0.3 is 0 Å². The van der Waals surface area contributed by atoms with E-state index in [4.69, 9.17) is 15.2 Å². The molecule has 1 aromatic carbocycles. The molecule has 21 heavy (non-hydrogen) atoms. The van der Waals surface area contributed by atoms with E-state index in [1.54, 1.807) is 0 Å². The zero-order valence-electron chi connectivity index (χ0n) is 11.8. The Morgan fingerprint density at radius 2 is 2.05 bits per heavy atom. The van der Waals surface area contributed by atoms with Crippen molar-refractivity contribution in [2.75, 3.05) is 26.4 Å². The Kier molecular flexibility index (Phi) is 5.08. The molecular formula is C15H21ClN2O3. The quantitative estimate of drug-likeness (QED) is 0.885. The summed E-state index contributed by atoms with van der Waals surface area (Å²) in [5.74, 6) is 0.875. The average molecular weight is 313 g/mol.